The molecule has 1 fully saturated rings. The van der Waals surface area contributed by atoms with E-state index in [1.54, 1.807) is 11.0 Å². The van der Waals surface area contributed by atoms with Crippen LogP contribution in [0.5, 0.6) is 0 Å². The predicted molar refractivity (Wildman–Crippen MR) is 95.0 cm³/mol. The number of carbonyl (C=O) groups is 1. The minimum atomic E-state index is -0.282. The lowest BCUT2D eigenvalue weighted by molar-refractivity contribution is -0.130. The van der Waals surface area contributed by atoms with Crippen molar-refractivity contribution in [2.24, 2.45) is 0 Å². The molecule has 6 heteroatoms. The first-order chi connectivity index (χ1) is 12.2. The summed E-state index contributed by atoms with van der Waals surface area (Å²) in [7, 11) is 0. The maximum Gasteiger partial charge on any atom is 0.264 e. The molecule has 1 aliphatic heterocycles. The van der Waals surface area contributed by atoms with Crippen molar-refractivity contribution in [1.82, 2.24) is 4.90 Å². The Morgan fingerprint density at radius 1 is 1.20 bits per heavy atom. The Kier molecular flexibility index (Phi) is 5.59. The SMILES string of the molecule is Cc1ccc(Sc2ccc(/C=C(/C#N)C(=O)N3CCOCC3)o2)cc1. The Hall–Kier alpha value is -2.49. The number of amides is 1. The van der Waals surface area contributed by atoms with Crippen LogP contribution in [0.2, 0.25) is 0 Å². The van der Waals surface area contributed by atoms with Crippen LogP contribution in [0.3, 0.4) is 0 Å². The van der Waals surface area contributed by atoms with Crippen LogP contribution in [-0.2, 0) is 9.53 Å². The van der Waals surface area contributed by atoms with E-state index in [9.17, 15) is 10.1 Å². The highest BCUT2D eigenvalue weighted by Crippen LogP contribution is 2.30. The van der Waals surface area contributed by atoms with Crippen LogP contribution in [-0.4, -0.2) is 37.1 Å². The van der Waals surface area contributed by atoms with Crippen LogP contribution in [0.25, 0.3) is 6.08 Å². The number of furan rings is 1. The van der Waals surface area contributed by atoms with Gasteiger partial charge in [0.15, 0.2) is 5.09 Å². The van der Waals surface area contributed by atoms with Crippen molar-refractivity contribution in [2.45, 2.75) is 16.9 Å². The van der Waals surface area contributed by atoms with Gasteiger partial charge in [-0.05, 0) is 31.2 Å². The summed E-state index contributed by atoms with van der Waals surface area (Å²) in [4.78, 5) is 15.1. The zero-order valence-electron chi connectivity index (χ0n) is 13.9. The third kappa shape index (κ3) is 4.53. The predicted octanol–water partition coefficient (Wildman–Crippen LogP) is 3.51. The Morgan fingerprint density at radius 3 is 2.60 bits per heavy atom. The van der Waals surface area contributed by atoms with Gasteiger partial charge >= 0.3 is 0 Å². The molecule has 25 heavy (non-hydrogen) atoms. The van der Waals surface area contributed by atoms with Crippen LogP contribution in [0.1, 0.15) is 11.3 Å². The summed E-state index contributed by atoms with van der Waals surface area (Å²) in [5, 5.41) is 10.0. The van der Waals surface area contributed by atoms with Gasteiger partial charge in [-0.1, -0.05) is 29.5 Å². The van der Waals surface area contributed by atoms with E-state index in [1.807, 2.05) is 43.3 Å². The molecule has 3 rings (SSSR count). The van der Waals surface area contributed by atoms with Crippen molar-refractivity contribution in [3.8, 4) is 6.07 Å². The molecule has 0 aliphatic carbocycles. The third-order valence-electron chi connectivity index (χ3n) is 3.78. The molecule has 128 valence electrons. The average Bonchev–Trinajstić information content (AvgIpc) is 3.09. The number of nitrogens with zero attached hydrogens (tertiary/aromatic N) is 2. The van der Waals surface area contributed by atoms with Crippen LogP contribution in [0, 0.1) is 18.3 Å². The van der Waals surface area contributed by atoms with Crippen LogP contribution in [0.4, 0.5) is 0 Å². The van der Waals surface area contributed by atoms with Gasteiger partial charge < -0.3 is 14.1 Å². The van der Waals surface area contributed by atoms with E-state index in [-0.39, 0.29) is 11.5 Å². The third-order valence-corrected chi connectivity index (χ3v) is 4.71. The van der Waals surface area contributed by atoms with Crippen molar-refractivity contribution in [1.29, 1.82) is 5.26 Å². The second-order valence-electron chi connectivity index (χ2n) is 5.65. The molecule has 0 atom stereocenters. The van der Waals surface area contributed by atoms with E-state index >= 15 is 0 Å². The molecule has 1 aliphatic rings. The normalized spacial score (nSPS) is 15.0. The standard InChI is InChI=1S/C19H18N2O3S/c1-14-2-5-17(6-3-14)25-18-7-4-16(24-18)12-15(13-20)19(22)21-8-10-23-11-9-21/h2-7,12H,8-11H2,1H3/b15-12-. The highest BCUT2D eigenvalue weighted by molar-refractivity contribution is 7.99. The van der Waals surface area contributed by atoms with Gasteiger partial charge in [-0.15, -0.1) is 0 Å². The minimum Gasteiger partial charge on any atom is -0.450 e. The summed E-state index contributed by atoms with van der Waals surface area (Å²) in [6.07, 6.45) is 1.50. The van der Waals surface area contributed by atoms with Gasteiger partial charge in [-0.3, -0.25) is 4.79 Å². The highest BCUT2D eigenvalue weighted by atomic mass is 32.2. The monoisotopic (exact) mass is 354 g/mol. The molecule has 0 unspecified atom stereocenters. The fourth-order valence-electron chi connectivity index (χ4n) is 2.41. The molecular formula is C19H18N2O3S. The average molecular weight is 354 g/mol. The topological polar surface area (TPSA) is 66.5 Å². The van der Waals surface area contributed by atoms with Crippen molar-refractivity contribution < 1.29 is 13.9 Å². The number of rotatable bonds is 4. The Morgan fingerprint density at radius 2 is 1.92 bits per heavy atom. The molecule has 1 saturated heterocycles. The van der Waals surface area contributed by atoms with E-state index < -0.39 is 0 Å². The van der Waals surface area contributed by atoms with Crippen LogP contribution >= 0.6 is 11.8 Å². The van der Waals surface area contributed by atoms with Crippen molar-refractivity contribution in [3.05, 3.63) is 53.3 Å². The summed E-state index contributed by atoms with van der Waals surface area (Å²) < 4.78 is 11.0. The maximum absolute atomic E-state index is 12.4. The van der Waals surface area contributed by atoms with Crippen molar-refractivity contribution in [3.63, 3.8) is 0 Å². The molecule has 0 spiro atoms. The largest absolute Gasteiger partial charge is 0.450 e. The highest BCUT2D eigenvalue weighted by Gasteiger charge is 2.21. The number of aryl methyl sites for hydroxylation is 1. The Bertz CT molecular complexity index is 812. The summed E-state index contributed by atoms with van der Waals surface area (Å²) >= 11 is 1.50. The number of ether oxygens (including phenoxy) is 1. The van der Waals surface area contributed by atoms with Gasteiger partial charge in [-0.25, -0.2) is 0 Å². The first-order valence-corrected chi connectivity index (χ1v) is 8.80. The summed E-state index contributed by atoms with van der Waals surface area (Å²) in [6.45, 7) is 4.05. The molecule has 0 radical (unpaired) electrons. The summed E-state index contributed by atoms with van der Waals surface area (Å²) in [6, 6.07) is 13.7. The number of carbonyl (C=O) groups excluding carboxylic acids is 1. The Labute approximate surface area is 150 Å². The van der Waals surface area contributed by atoms with Crippen molar-refractivity contribution in [2.75, 3.05) is 26.3 Å². The summed E-state index contributed by atoms with van der Waals surface area (Å²) in [5.41, 5.74) is 1.27. The zero-order valence-corrected chi connectivity index (χ0v) is 14.7. The number of hydrogen-bond donors (Lipinski definition) is 0. The first kappa shape index (κ1) is 17.3. The minimum absolute atomic E-state index is 0.0723. The number of benzene rings is 1. The fourth-order valence-corrected chi connectivity index (χ4v) is 3.19. The van der Waals surface area contributed by atoms with Gasteiger partial charge in [0.1, 0.15) is 17.4 Å². The molecule has 1 amide bonds. The number of morpholine rings is 1. The van der Waals surface area contributed by atoms with Gasteiger partial charge in [0.05, 0.1) is 13.2 Å². The smallest absolute Gasteiger partial charge is 0.264 e. The molecule has 2 heterocycles. The lowest BCUT2D eigenvalue weighted by Gasteiger charge is -2.26. The lowest BCUT2D eigenvalue weighted by atomic mass is 10.2. The second kappa shape index (κ2) is 8.06. The van der Waals surface area contributed by atoms with Gasteiger partial charge in [0, 0.05) is 24.1 Å². The van der Waals surface area contributed by atoms with E-state index in [1.165, 1.54) is 23.4 Å². The molecule has 2 aromatic rings. The van der Waals surface area contributed by atoms with Crippen LogP contribution < -0.4 is 0 Å². The Balaban J connectivity index is 1.71. The molecule has 0 saturated carbocycles. The van der Waals surface area contributed by atoms with Gasteiger partial charge in [0.25, 0.3) is 5.91 Å². The van der Waals surface area contributed by atoms with E-state index in [2.05, 4.69) is 0 Å². The zero-order chi connectivity index (χ0) is 17.6. The van der Waals surface area contributed by atoms with Crippen LogP contribution in [0.15, 0.2) is 56.4 Å². The molecule has 1 aromatic heterocycles. The van der Waals surface area contributed by atoms with Gasteiger partial charge in [-0.2, -0.15) is 5.26 Å². The lowest BCUT2D eigenvalue weighted by Crippen LogP contribution is -2.41. The summed E-state index contributed by atoms with van der Waals surface area (Å²) in [5.74, 6) is 0.211. The van der Waals surface area contributed by atoms with Crippen molar-refractivity contribution >= 4 is 23.7 Å². The second-order valence-corrected chi connectivity index (χ2v) is 6.72. The molecular weight excluding hydrogens is 336 g/mol. The number of hydrogen-bond acceptors (Lipinski definition) is 5. The molecule has 0 bridgehead atoms. The maximum atomic E-state index is 12.4. The molecule has 5 nitrogen and oxygen atoms in total. The fraction of sp³-hybridized carbons (Fsp3) is 0.263. The molecule has 0 N–H and O–H groups in total. The van der Waals surface area contributed by atoms with Gasteiger partial charge in [0.2, 0.25) is 0 Å². The quantitative estimate of drug-likeness (QED) is 0.621. The number of nitriles is 1. The van der Waals surface area contributed by atoms with E-state index in [0.717, 1.165) is 4.90 Å². The molecule has 1 aromatic carbocycles. The van der Waals surface area contributed by atoms with E-state index in [0.29, 0.717) is 37.2 Å². The van der Waals surface area contributed by atoms with E-state index in [4.69, 9.17) is 9.15 Å². The first-order valence-electron chi connectivity index (χ1n) is 7.99.